The third kappa shape index (κ3) is 3.35. The van der Waals surface area contributed by atoms with E-state index in [4.69, 9.17) is 16.6 Å². The van der Waals surface area contributed by atoms with E-state index in [1.165, 1.54) is 25.7 Å². The van der Waals surface area contributed by atoms with Crippen LogP contribution >= 0.6 is 12.2 Å². The SMILES string of the molecule is Cc1nc2cc(NC(=S)N[C@@H]3CCCC[C@H]3C)ccc2o1. The molecule has 1 aliphatic rings. The van der Waals surface area contributed by atoms with Crippen molar-refractivity contribution in [3.05, 3.63) is 24.1 Å². The maximum atomic E-state index is 5.48. The van der Waals surface area contributed by atoms with Gasteiger partial charge in [0.15, 0.2) is 16.6 Å². The Labute approximate surface area is 130 Å². The van der Waals surface area contributed by atoms with Crippen molar-refractivity contribution < 1.29 is 4.42 Å². The molecule has 1 saturated carbocycles. The third-order valence-corrected chi connectivity index (χ3v) is 4.40. The van der Waals surface area contributed by atoms with E-state index in [1.807, 2.05) is 25.1 Å². The van der Waals surface area contributed by atoms with Crippen LogP contribution in [-0.2, 0) is 0 Å². The van der Waals surface area contributed by atoms with Gasteiger partial charge in [0.25, 0.3) is 0 Å². The molecule has 0 aliphatic heterocycles. The molecule has 0 amide bonds. The van der Waals surface area contributed by atoms with Crippen LogP contribution in [0.4, 0.5) is 5.69 Å². The van der Waals surface area contributed by atoms with Crippen LogP contribution in [0, 0.1) is 12.8 Å². The second-order valence-corrected chi connectivity index (χ2v) is 6.29. The summed E-state index contributed by atoms with van der Waals surface area (Å²) in [6.45, 7) is 4.15. The Morgan fingerprint density at radius 2 is 2.14 bits per heavy atom. The van der Waals surface area contributed by atoms with Gasteiger partial charge in [0.1, 0.15) is 5.52 Å². The van der Waals surface area contributed by atoms with Crippen LogP contribution in [0.3, 0.4) is 0 Å². The highest BCUT2D eigenvalue weighted by Gasteiger charge is 2.21. The predicted octanol–water partition coefficient (Wildman–Crippen LogP) is 4.00. The van der Waals surface area contributed by atoms with E-state index in [-0.39, 0.29) is 0 Å². The summed E-state index contributed by atoms with van der Waals surface area (Å²) in [5.41, 5.74) is 2.60. The highest BCUT2D eigenvalue weighted by atomic mass is 32.1. The van der Waals surface area contributed by atoms with Crippen molar-refractivity contribution in [2.24, 2.45) is 5.92 Å². The van der Waals surface area contributed by atoms with Crippen LogP contribution in [0.2, 0.25) is 0 Å². The van der Waals surface area contributed by atoms with Gasteiger partial charge in [-0.15, -0.1) is 0 Å². The van der Waals surface area contributed by atoms with Gasteiger partial charge < -0.3 is 15.1 Å². The summed E-state index contributed by atoms with van der Waals surface area (Å²) >= 11 is 5.43. The fourth-order valence-electron chi connectivity index (χ4n) is 2.99. The molecule has 0 unspecified atom stereocenters. The minimum atomic E-state index is 0.483. The Morgan fingerprint density at radius 1 is 1.33 bits per heavy atom. The van der Waals surface area contributed by atoms with E-state index >= 15 is 0 Å². The average Bonchev–Trinajstić information content (AvgIpc) is 2.80. The zero-order valence-corrected chi connectivity index (χ0v) is 13.3. The van der Waals surface area contributed by atoms with Crippen molar-refractivity contribution in [3.63, 3.8) is 0 Å². The Kier molecular flexibility index (Phi) is 4.10. The first kappa shape index (κ1) is 14.3. The number of aryl methyl sites for hydroxylation is 1. The molecule has 0 saturated heterocycles. The molecule has 1 aromatic carbocycles. The van der Waals surface area contributed by atoms with Crippen molar-refractivity contribution >= 4 is 34.1 Å². The largest absolute Gasteiger partial charge is 0.441 e. The molecule has 2 atom stereocenters. The standard InChI is InChI=1S/C16H21N3OS/c1-10-5-3-4-6-13(10)19-16(21)18-12-7-8-15-14(9-12)17-11(2)20-15/h7-10,13H,3-6H2,1-2H3,(H2,18,19,21)/t10-,13-/m1/s1. The summed E-state index contributed by atoms with van der Waals surface area (Å²) in [6, 6.07) is 6.33. The molecule has 0 radical (unpaired) electrons. The van der Waals surface area contributed by atoms with E-state index in [9.17, 15) is 0 Å². The van der Waals surface area contributed by atoms with Gasteiger partial charge in [-0.2, -0.15) is 0 Å². The van der Waals surface area contributed by atoms with E-state index in [2.05, 4.69) is 22.5 Å². The first-order valence-corrected chi connectivity index (χ1v) is 7.97. The Hall–Kier alpha value is -1.62. The zero-order valence-electron chi connectivity index (χ0n) is 12.5. The lowest BCUT2D eigenvalue weighted by molar-refractivity contribution is 0.309. The molecule has 1 heterocycles. The number of hydrogen-bond donors (Lipinski definition) is 2. The molecule has 1 aromatic heterocycles. The Balaban J connectivity index is 1.65. The quantitative estimate of drug-likeness (QED) is 0.821. The van der Waals surface area contributed by atoms with Crippen LogP contribution in [0.1, 0.15) is 38.5 Å². The summed E-state index contributed by atoms with van der Waals surface area (Å²) in [5, 5.41) is 7.38. The van der Waals surface area contributed by atoms with Crippen molar-refractivity contribution in [1.29, 1.82) is 0 Å². The van der Waals surface area contributed by atoms with Crippen molar-refractivity contribution in [2.45, 2.75) is 45.6 Å². The van der Waals surface area contributed by atoms with Crippen molar-refractivity contribution in [3.8, 4) is 0 Å². The smallest absolute Gasteiger partial charge is 0.192 e. The molecule has 0 spiro atoms. The molecule has 1 aliphatic carbocycles. The van der Waals surface area contributed by atoms with Gasteiger partial charge in [-0.05, 0) is 49.2 Å². The number of oxazole rings is 1. The van der Waals surface area contributed by atoms with Crippen LogP contribution in [-0.4, -0.2) is 16.1 Å². The van der Waals surface area contributed by atoms with Gasteiger partial charge in [-0.3, -0.25) is 0 Å². The molecule has 5 heteroatoms. The lowest BCUT2D eigenvalue weighted by atomic mass is 9.86. The number of nitrogens with zero attached hydrogens (tertiary/aromatic N) is 1. The molecule has 0 bridgehead atoms. The second kappa shape index (κ2) is 6.02. The number of anilines is 1. The molecule has 1 fully saturated rings. The van der Waals surface area contributed by atoms with Crippen molar-refractivity contribution in [1.82, 2.24) is 10.3 Å². The van der Waals surface area contributed by atoms with Crippen LogP contribution in [0.25, 0.3) is 11.1 Å². The maximum absolute atomic E-state index is 5.48. The van der Waals surface area contributed by atoms with Gasteiger partial charge in [0.2, 0.25) is 0 Å². The van der Waals surface area contributed by atoms with Gasteiger partial charge >= 0.3 is 0 Å². The minimum absolute atomic E-state index is 0.483. The van der Waals surface area contributed by atoms with E-state index in [0.717, 1.165) is 16.8 Å². The zero-order chi connectivity index (χ0) is 14.8. The molecule has 112 valence electrons. The van der Waals surface area contributed by atoms with Crippen LogP contribution in [0.15, 0.2) is 22.6 Å². The van der Waals surface area contributed by atoms with Gasteiger partial charge in [-0.25, -0.2) is 4.98 Å². The molecular weight excluding hydrogens is 282 g/mol. The highest BCUT2D eigenvalue weighted by molar-refractivity contribution is 7.80. The van der Waals surface area contributed by atoms with Gasteiger partial charge in [0.05, 0.1) is 0 Å². The average molecular weight is 303 g/mol. The molecule has 21 heavy (non-hydrogen) atoms. The fraction of sp³-hybridized carbons (Fsp3) is 0.500. The number of fused-ring (bicyclic) bond motifs is 1. The van der Waals surface area contributed by atoms with Crippen molar-refractivity contribution in [2.75, 3.05) is 5.32 Å². The number of aromatic nitrogens is 1. The highest BCUT2D eigenvalue weighted by Crippen LogP contribution is 2.24. The number of rotatable bonds is 2. The second-order valence-electron chi connectivity index (χ2n) is 5.88. The van der Waals surface area contributed by atoms with E-state index < -0.39 is 0 Å². The summed E-state index contributed by atoms with van der Waals surface area (Å²) in [7, 11) is 0. The topological polar surface area (TPSA) is 50.1 Å². The fourth-order valence-corrected chi connectivity index (χ4v) is 3.26. The number of nitrogens with one attached hydrogen (secondary N) is 2. The van der Waals surface area contributed by atoms with E-state index in [1.54, 1.807) is 0 Å². The third-order valence-electron chi connectivity index (χ3n) is 4.18. The normalized spacial score (nSPS) is 22.2. The monoisotopic (exact) mass is 303 g/mol. The lowest BCUT2D eigenvalue weighted by Crippen LogP contribution is -2.43. The van der Waals surface area contributed by atoms with Gasteiger partial charge in [0, 0.05) is 18.7 Å². The number of benzene rings is 1. The Morgan fingerprint density at radius 3 is 2.95 bits per heavy atom. The van der Waals surface area contributed by atoms with E-state index in [0.29, 0.717) is 23.0 Å². The van der Waals surface area contributed by atoms with Crippen LogP contribution in [0.5, 0.6) is 0 Å². The summed E-state index contributed by atoms with van der Waals surface area (Å²) in [5.74, 6) is 1.36. The summed E-state index contributed by atoms with van der Waals surface area (Å²) in [4.78, 5) is 4.34. The molecule has 2 N–H and O–H groups in total. The number of hydrogen-bond acceptors (Lipinski definition) is 3. The number of thiocarbonyl (C=S) groups is 1. The first-order chi connectivity index (χ1) is 10.1. The van der Waals surface area contributed by atoms with Gasteiger partial charge in [-0.1, -0.05) is 19.8 Å². The lowest BCUT2D eigenvalue weighted by Gasteiger charge is -2.30. The summed E-state index contributed by atoms with van der Waals surface area (Å²) in [6.07, 6.45) is 5.10. The van der Waals surface area contributed by atoms with Crippen LogP contribution < -0.4 is 10.6 Å². The maximum Gasteiger partial charge on any atom is 0.192 e. The molecule has 3 rings (SSSR count). The first-order valence-electron chi connectivity index (χ1n) is 7.56. The molecular formula is C16H21N3OS. The predicted molar refractivity (Wildman–Crippen MR) is 89.5 cm³/mol. The molecule has 4 nitrogen and oxygen atoms in total. The summed E-state index contributed by atoms with van der Waals surface area (Å²) < 4.78 is 5.48. The Bertz CT molecular complexity index is 652. The molecule has 2 aromatic rings. The minimum Gasteiger partial charge on any atom is -0.441 e.